The number of hydrogen-bond donors (Lipinski definition) is 2. The molecule has 1 amide bonds. The van der Waals surface area contributed by atoms with Gasteiger partial charge in [-0.25, -0.2) is 8.78 Å². The van der Waals surface area contributed by atoms with Gasteiger partial charge in [-0.1, -0.05) is 0 Å². The maximum atomic E-state index is 13.6. The third kappa shape index (κ3) is 4.32. The molecule has 5 nitrogen and oxygen atoms in total. The molecule has 0 saturated carbocycles. The highest BCUT2D eigenvalue weighted by molar-refractivity contribution is 7.71. The SMILES string of the molecule is C/C(=C\C(=O)NCCn1c(C)n[nH]c1=S)c1ccc(F)cc1F. The van der Waals surface area contributed by atoms with Gasteiger partial charge in [-0.05, 0) is 43.8 Å². The van der Waals surface area contributed by atoms with Crippen LogP contribution in [0.25, 0.3) is 5.57 Å². The summed E-state index contributed by atoms with van der Waals surface area (Å²) in [6, 6.07) is 3.24. The molecule has 1 heterocycles. The monoisotopic (exact) mass is 338 g/mol. The lowest BCUT2D eigenvalue weighted by atomic mass is 10.1. The van der Waals surface area contributed by atoms with E-state index >= 15 is 0 Å². The molecule has 0 atom stereocenters. The van der Waals surface area contributed by atoms with Crippen LogP contribution in [0.3, 0.4) is 0 Å². The zero-order valence-electron chi connectivity index (χ0n) is 12.7. The highest BCUT2D eigenvalue weighted by Crippen LogP contribution is 2.18. The van der Waals surface area contributed by atoms with E-state index in [4.69, 9.17) is 12.2 Å². The molecule has 1 aromatic carbocycles. The number of carbonyl (C=O) groups is 1. The van der Waals surface area contributed by atoms with Crippen LogP contribution in [0, 0.1) is 23.3 Å². The topological polar surface area (TPSA) is 62.7 Å². The number of nitrogens with one attached hydrogen (secondary N) is 2. The van der Waals surface area contributed by atoms with E-state index in [1.54, 1.807) is 18.4 Å². The Morgan fingerprint density at radius 2 is 2.22 bits per heavy atom. The Morgan fingerprint density at radius 1 is 1.48 bits per heavy atom. The normalized spacial score (nSPS) is 11.6. The Labute approximate surface area is 137 Å². The summed E-state index contributed by atoms with van der Waals surface area (Å²) < 4.78 is 28.8. The molecule has 2 aromatic rings. The first-order valence-corrected chi connectivity index (χ1v) is 7.32. The molecule has 0 aliphatic heterocycles. The van der Waals surface area contributed by atoms with Crippen LogP contribution in [0.5, 0.6) is 0 Å². The Kier molecular flexibility index (Phi) is 5.38. The van der Waals surface area contributed by atoms with Crippen molar-refractivity contribution in [2.75, 3.05) is 6.54 Å². The number of aryl methyl sites for hydroxylation is 1. The molecular formula is C15H16F2N4OS. The zero-order chi connectivity index (χ0) is 17.0. The van der Waals surface area contributed by atoms with Gasteiger partial charge < -0.3 is 9.88 Å². The molecule has 2 rings (SSSR count). The highest BCUT2D eigenvalue weighted by Gasteiger charge is 2.07. The van der Waals surface area contributed by atoms with E-state index in [0.29, 0.717) is 23.4 Å². The lowest BCUT2D eigenvalue weighted by Crippen LogP contribution is -2.26. The van der Waals surface area contributed by atoms with Gasteiger partial charge in [0.05, 0.1) is 0 Å². The number of aromatic nitrogens is 3. The van der Waals surface area contributed by atoms with E-state index in [-0.39, 0.29) is 11.5 Å². The third-order valence-corrected chi connectivity index (χ3v) is 3.60. The van der Waals surface area contributed by atoms with Crippen LogP contribution >= 0.6 is 12.2 Å². The van der Waals surface area contributed by atoms with Gasteiger partial charge in [-0.15, -0.1) is 0 Å². The van der Waals surface area contributed by atoms with Gasteiger partial charge in [0.1, 0.15) is 17.5 Å². The molecular weight excluding hydrogens is 322 g/mol. The van der Waals surface area contributed by atoms with E-state index in [2.05, 4.69) is 15.5 Å². The van der Waals surface area contributed by atoms with Crippen LogP contribution in [0.2, 0.25) is 0 Å². The van der Waals surface area contributed by atoms with E-state index in [0.717, 1.165) is 18.0 Å². The minimum Gasteiger partial charge on any atom is -0.351 e. The van der Waals surface area contributed by atoms with Crippen LogP contribution in [0.1, 0.15) is 18.3 Å². The first-order chi connectivity index (χ1) is 10.9. The molecule has 0 fully saturated rings. The molecule has 0 aliphatic rings. The largest absolute Gasteiger partial charge is 0.351 e. The number of allylic oxidation sites excluding steroid dienone is 1. The molecule has 23 heavy (non-hydrogen) atoms. The summed E-state index contributed by atoms with van der Waals surface area (Å²) in [6.07, 6.45) is 1.28. The number of carbonyl (C=O) groups excluding carboxylic acids is 1. The third-order valence-electron chi connectivity index (χ3n) is 3.29. The second-order valence-electron chi connectivity index (χ2n) is 4.97. The molecule has 8 heteroatoms. The van der Waals surface area contributed by atoms with Crippen molar-refractivity contribution in [3.63, 3.8) is 0 Å². The van der Waals surface area contributed by atoms with Crippen LogP contribution in [0.4, 0.5) is 8.78 Å². The molecule has 0 radical (unpaired) electrons. The first kappa shape index (κ1) is 17.0. The van der Waals surface area contributed by atoms with Crippen molar-refractivity contribution in [1.82, 2.24) is 20.1 Å². The van der Waals surface area contributed by atoms with Gasteiger partial charge in [0.15, 0.2) is 4.77 Å². The van der Waals surface area contributed by atoms with Crippen LogP contribution in [-0.4, -0.2) is 27.2 Å². The zero-order valence-corrected chi connectivity index (χ0v) is 13.5. The predicted molar refractivity (Wildman–Crippen MR) is 85.2 cm³/mol. The quantitative estimate of drug-likeness (QED) is 0.651. The minimum atomic E-state index is -0.702. The van der Waals surface area contributed by atoms with Crippen LogP contribution < -0.4 is 5.32 Å². The second-order valence-corrected chi connectivity index (χ2v) is 5.36. The summed E-state index contributed by atoms with van der Waals surface area (Å²) in [7, 11) is 0. The summed E-state index contributed by atoms with van der Waals surface area (Å²) in [5.41, 5.74) is 0.602. The molecule has 0 spiro atoms. The van der Waals surface area contributed by atoms with Gasteiger partial charge in [0, 0.05) is 30.8 Å². The van der Waals surface area contributed by atoms with Crippen molar-refractivity contribution in [2.45, 2.75) is 20.4 Å². The number of amides is 1. The summed E-state index contributed by atoms with van der Waals surface area (Å²) >= 11 is 5.06. The van der Waals surface area contributed by atoms with Crippen molar-refractivity contribution in [3.05, 3.63) is 52.1 Å². The Bertz CT molecular complexity index is 810. The average Bonchev–Trinajstić information content (AvgIpc) is 2.78. The number of aromatic amines is 1. The summed E-state index contributed by atoms with van der Waals surface area (Å²) in [4.78, 5) is 11.9. The molecule has 2 N–H and O–H groups in total. The number of nitrogens with zero attached hydrogens (tertiary/aromatic N) is 2. The summed E-state index contributed by atoms with van der Waals surface area (Å²) in [5, 5.41) is 9.31. The fraction of sp³-hybridized carbons (Fsp3) is 0.267. The van der Waals surface area contributed by atoms with Crippen molar-refractivity contribution < 1.29 is 13.6 Å². The lowest BCUT2D eigenvalue weighted by molar-refractivity contribution is -0.116. The maximum Gasteiger partial charge on any atom is 0.244 e. The average molecular weight is 338 g/mol. The predicted octanol–water partition coefficient (Wildman–Crippen LogP) is 2.75. The molecule has 1 aromatic heterocycles. The molecule has 0 unspecified atom stereocenters. The van der Waals surface area contributed by atoms with Crippen molar-refractivity contribution >= 4 is 23.7 Å². The van der Waals surface area contributed by atoms with Crippen molar-refractivity contribution in [1.29, 1.82) is 0 Å². The van der Waals surface area contributed by atoms with Gasteiger partial charge in [-0.3, -0.25) is 9.89 Å². The fourth-order valence-corrected chi connectivity index (χ4v) is 2.35. The standard InChI is InChI=1S/C15H16F2N4OS/c1-9(12-4-3-11(16)8-13(12)17)7-14(22)18-5-6-21-10(2)19-20-15(21)23/h3-4,7-8H,5-6H2,1-2H3,(H,18,22)(H,20,23)/b9-7+. The fourth-order valence-electron chi connectivity index (χ4n) is 2.09. The number of halogens is 2. The molecule has 0 aliphatic carbocycles. The second kappa shape index (κ2) is 7.28. The minimum absolute atomic E-state index is 0.189. The smallest absolute Gasteiger partial charge is 0.244 e. The molecule has 0 saturated heterocycles. The maximum absolute atomic E-state index is 13.6. The Hall–Kier alpha value is -2.35. The van der Waals surface area contributed by atoms with Gasteiger partial charge >= 0.3 is 0 Å². The first-order valence-electron chi connectivity index (χ1n) is 6.92. The molecule has 122 valence electrons. The number of H-pyrrole nitrogens is 1. The van der Waals surface area contributed by atoms with Gasteiger partial charge in [0.2, 0.25) is 5.91 Å². The van der Waals surface area contributed by atoms with E-state index in [1.807, 2.05) is 0 Å². The number of benzene rings is 1. The Morgan fingerprint density at radius 3 is 2.83 bits per heavy atom. The Balaban J connectivity index is 1.97. The van der Waals surface area contributed by atoms with Crippen molar-refractivity contribution in [3.8, 4) is 0 Å². The van der Waals surface area contributed by atoms with Crippen LogP contribution in [0.15, 0.2) is 24.3 Å². The number of hydrogen-bond acceptors (Lipinski definition) is 3. The van der Waals surface area contributed by atoms with Gasteiger partial charge in [-0.2, -0.15) is 5.10 Å². The lowest BCUT2D eigenvalue weighted by Gasteiger charge is -2.06. The van der Waals surface area contributed by atoms with E-state index < -0.39 is 11.6 Å². The van der Waals surface area contributed by atoms with E-state index in [1.165, 1.54) is 12.1 Å². The van der Waals surface area contributed by atoms with Crippen LogP contribution in [-0.2, 0) is 11.3 Å². The van der Waals surface area contributed by atoms with Crippen molar-refractivity contribution in [2.24, 2.45) is 0 Å². The molecule has 0 bridgehead atoms. The summed E-state index contributed by atoms with van der Waals surface area (Å²) in [5.74, 6) is -0.995. The number of rotatable bonds is 5. The summed E-state index contributed by atoms with van der Waals surface area (Å²) in [6.45, 7) is 4.22. The van der Waals surface area contributed by atoms with Gasteiger partial charge in [0.25, 0.3) is 0 Å². The van der Waals surface area contributed by atoms with E-state index in [9.17, 15) is 13.6 Å². The highest BCUT2D eigenvalue weighted by atomic mass is 32.1.